The number of benzene rings is 5. The first-order valence-electron chi connectivity index (χ1n) is 20.1. The average Bonchev–Trinajstić information content (AvgIpc) is 3.31. The maximum Gasteiger partial charge on any atom is 0.187 e. The van der Waals surface area contributed by atoms with E-state index in [2.05, 4.69) is 10.0 Å². The van der Waals surface area contributed by atoms with E-state index in [9.17, 15) is 15.7 Å². The van der Waals surface area contributed by atoms with Gasteiger partial charge in [0.2, 0.25) is 0 Å². The van der Waals surface area contributed by atoms with E-state index in [1.165, 1.54) is 0 Å². The number of rotatable bonds is 20. The Kier molecular flexibility index (Phi) is 16.2. The van der Waals surface area contributed by atoms with Gasteiger partial charge in [-0.15, -0.1) is 0 Å². The van der Waals surface area contributed by atoms with Crippen LogP contribution in [0.1, 0.15) is 27.8 Å². The van der Waals surface area contributed by atoms with Crippen LogP contribution in [0.4, 0.5) is 0 Å². The van der Waals surface area contributed by atoms with Gasteiger partial charge in [0.15, 0.2) is 12.6 Å². The van der Waals surface area contributed by atoms with Crippen molar-refractivity contribution in [1.82, 2.24) is 0 Å². The third-order valence-corrected chi connectivity index (χ3v) is 10.4. The lowest BCUT2D eigenvalue weighted by Crippen LogP contribution is -2.65. The van der Waals surface area contributed by atoms with Crippen molar-refractivity contribution in [2.45, 2.75) is 94.4 Å². The Morgan fingerprint density at radius 1 is 0.433 bits per heavy atom. The molecule has 2 aliphatic rings. The second-order valence-electron chi connectivity index (χ2n) is 14.6. The molecule has 7 rings (SSSR count). The molecule has 0 saturated carbocycles. The highest BCUT2D eigenvalue weighted by atomic mass is 16.8. The molecule has 2 heterocycles. The Bertz CT molecular complexity index is 2010. The normalized spacial score (nSPS) is 26.6. The molecular weight excluding hydrogens is 767 g/mol. The number of nitrogens with zero attached hydrogens (tertiary/aromatic N) is 3. The molecule has 0 spiro atoms. The third kappa shape index (κ3) is 11.6. The molecule has 0 bridgehead atoms. The van der Waals surface area contributed by atoms with Crippen LogP contribution in [-0.2, 0) is 70.9 Å². The standard InChI is InChI=1S/C47H51N3O10/c48-50-49-40-43(54-29-34-18-8-2-9-19-34)42(39(27-52)58-46(40)57-32-37-24-14-5-15-25-37)60-47-45(56-31-36-22-12-4-13-23-36)44(55-30-35-20-10-3-11-21-35)41(38(26-51)59-47)53-28-33-16-6-1-7-17-33/h1-25,38-47,51-52H,26-32H2/t38-,39-,40-,41-,42-,43-,44+,45+,46-,47+/m1/s1. The minimum absolute atomic E-state index is 0.114. The van der Waals surface area contributed by atoms with E-state index in [0.29, 0.717) is 0 Å². The number of aliphatic hydroxyl groups is 2. The van der Waals surface area contributed by atoms with Crippen LogP contribution in [0.3, 0.4) is 0 Å². The van der Waals surface area contributed by atoms with E-state index in [4.69, 9.17) is 37.9 Å². The summed E-state index contributed by atoms with van der Waals surface area (Å²) in [5, 5.41) is 26.0. The third-order valence-electron chi connectivity index (χ3n) is 10.4. The van der Waals surface area contributed by atoms with Gasteiger partial charge in [0.25, 0.3) is 0 Å². The monoisotopic (exact) mass is 817 g/mol. The molecule has 0 aliphatic carbocycles. The summed E-state index contributed by atoms with van der Waals surface area (Å²) in [6.07, 6.45) is -9.07. The topological polar surface area (TPSA) is 163 Å². The van der Waals surface area contributed by atoms with Gasteiger partial charge in [0, 0.05) is 4.91 Å². The van der Waals surface area contributed by atoms with E-state index in [-0.39, 0.29) is 33.0 Å². The van der Waals surface area contributed by atoms with E-state index in [0.717, 1.165) is 27.8 Å². The maximum atomic E-state index is 10.9. The largest absolute Gasteiger partial charge is 0.394 e. The summed E-state index contributed by atoms with van der Waals surface area (Å²) in [7, 11) is 0. The van der Waals surface area contributed by atoms with Crippen LogP contribution in [0.25, 0.3) is 10.4 Å². The summed E-state index contributed by atoms with van der Waals surface area (Å²) in [6.45, 7) is -0.127. The molecule has 5 aromatic carbocycles. The van der Waals surface area contributed by atoms with Gasteiger partial charge >= 0.3 is 0 Å². The Balaban J connectivity index is 1.23. The average molecular weight is 818 g/mol. The Labute approximate surface area is 349 Å². The molecule has 2 aliphatic heterocycles. The zero-order valence-electron chi connectivity index (χ0n) is 33.2. The highest BCUT2D eigenvalue weighted by Gasteiger charge is 2.54. The summed E-state index contributed by atoms with van der Waals surface area (Å²) in [4.78, 5) is 3.17. The van der Waals surface area contributed by atoms with Crippen molar-refractivity contribution in [2.75, 3.05) is 13.2 Å². The molecule has 2 N–H and O–H groups in total. The van der Waals surface area contributed by atoms with E-state index in [1.54, 1.807) is 0 Å². The first-order valence-corrected chi connectivity index (χ1v) is 20.1. The fourth-order valence-electron chi connectivity index (χ4n) is 7.39. The highest BCUT2D eigenvalue weighted by Crippen LogP contribution is 2.36. The van der Waals surface area contributed by atoms with Gasteiger partial charge in [-0.3, -0.25) is 0 Å². The van der Waals surface area contributed by atoms with E-state index >= 15 is 0 Å². The predicted octanol–water partition coefficient (Wildman–Crippen LogP) is 7.04. The SMILES string of the molecule is [N-]=[N+]=N[C@H]1[C@H](OCc2ccccc2)O[C@H](CO)[C@@H](O[C@@H]2O[C@H](CO)[C@@H](OCc3ccccc3)[C@H](OCc3ccccc3)[C@@H]2OCc2ccccc2)[C@@H]1OCc1ccccc1. The van der Waals surface area contributed by atoms with Crippen molar-refractivity contribution in [3.8, 4) is 0 Å². The van der Waals surface area contributed by atoms with Crippen LogP contribution in [0.2, 0.25) is 0 Å². The van der Waals surface area contributed by atoms with Gasteiger partial charge in [-0.2, -0.15) is 0 Å². The highest BCUT2D eigenvalue weighted by molar-refractivity contribution is 5.17. The molecule has 13 heteroatoms. The fraction of sp³-hybridized carbons (Fsp3) is 0.362. The summed E-state index contributed by atoms with van der Waals surface area (Å²) in [5.74, 6) is 0. The number of hydrogen-bond donors (Lipinski definition) is 2. The molecule has 0 aromatic heterocycles. The Morgan fingerprint density at radius 3 is 1.20 bits per heavy atom. The number of hydrogen-bond acceptors (Lipinski definition) is 11. The van der Waals surface area contributed by atoms with Crippen molar-refractivity contribution < 1.29 is 48.1 Å². The van der Waals surface area contributed by atoms with Gasteiger partial charge in [-0.05, 0) is 33.3 Å². The summed E-state index contributed by atoms with van der Waals surface area (Å²) in [6, 6.07) is 47.1. The lowest BCUT2D eigenvalue weighted by molar-refractivity contribution is -0.363. The molecule has 0 amide bonds. The van der Waals surface area contributed by atoms with Crippen molar-refractivity contribution in [1.29, 1.82) is 0 Å². The quantitative estimate of drug-likeness (QED) is 0.0473. The summed E-state index contributed by atoms with van der Waals surface area (Å²) < 4.78 is 52.8. The zero-order valence-corrected chi connectivity index (χ0v) is 33.2. The summed E-state index contributed by atoms with van der Waals surface area (Å²) >= 11 is 0. The van der Waals surface area contributed by atoms with Gasteiger partial charge in [-0.1, -0.05) is 157 Å². The molecule has 5 aromatic rings. The Hall–Kier alpha value is -4.99. The van der Waals surface area contributed by atoms with Crippen LogP contribution in [0, 0.1) is 0 Å². The predicted molar refractivity (Wildman–Crippen MR) is 221 cm³/mol. The second-order valence-corrected chi connectivity index (χ2v) is 14.6. The van der Waals surface area contributed by atoms with Gasteiger partial charge in [0.1, 0.15) is 48.8 Å². The van der Waals surface area contributed by atoms with E-state index in [1.807, 2.05) is 152 Å². The maximum absolute atomic E-state index is 10.9. The van der Waals surface area contributed by atoms with E-state index < -0.39 is 74.6 Å². The minimum atomic E-state index is -1.23. The van der Waals surface area contributed by atoms with Crippen molar-refractivity contribution in [3.05, 3.63) is 190 Å². The van der Waals surface area contributed by atoms with Crippen molar-refractivity contribution in [3.63, 3.8) is 0 Å². The van der Waals surface area contributed by atoms with Gasteiger partial charge < -0.3 is 48.1 Å². The van der Waals surface area contributed by atoms with Crippen LogP contribution in [-0.4, -0.2) is 84.8 Å². The number of ether oxygens (including phenoxy) is 8. The second kappa shape index (κ2) is 22.6. The molecule has 10 atom stereocenters. The first kappa shape index (κ1) is 43.1. The van der Waals surface area contributed by atoms with Crippen LogP contribution >= 0.6 is 0 Å². The van der Waals surface area contributed by atoms with Gasteiger partial charge in [-0.25, -0.2) is 0 Å². The molecule has 13 nitrogen and oxygen atoms in total. The molecule has 0 radical (unpaired) electrons. The fourth-order valence-corrected chi connectivity index (χ4v) is 7.39. The van der Waals surface area contributed by atoms with Crippen LogP contribution in [0.15, 0.2) is 157 Å². The Morgan fingerprint density at radius 2 is 0.783 bits per heavy atom. The molecule has 0 unspecified atom stereocenters. The van der Waals surface area contributed by atoms with Crippen LogP contribution in [0.5, 0.6) is 0 Å². The van der Waals surface area contributed by atoms with Crippen molar-refractivity contribution in [2.24, 2.45) is 5.11 Å². The molecule has 2 saturated heterocycles. The lowest BCUT2D eigenvalue weighted by Gasteiger charge is -2.49. The number of azide groups is 1. The smallest absolute Gasteiger partial charge is 0.187 e. The minimum Gasteiger partial charge on any atom is -0.394 e. The zero-order chi connectivity index (χ0) is 41.4. The molecular formula is C47H51N3O10. The number of aliphatic hydroxyl groups excluding tert-OH is 2. The molecule has 60 heavy (non-hydrogen) atoms. The van der Waals surface area contributed by atoms with Crippen molar-refractivity contribution >= 4 is 0 Å². The molecule has 314 valence electrons. The molecule has 2 fully saturated rings. The first-order chi connectivity index (χ1) is 29.6. The van der Waals surface area contributed by atoms with Gasteiger partial charge in [0.05, 0.1) is 46.2 Å². The van der Waals surface area contributed by atoms with Crippen LogP contribution < -0.4 is 0 Å². The summed E-state index contributed by atoms with van der Waals surface area (Å²) in [5.41, 5.74) is 14.4. The lowest BCUT2D eigenvalue weighted by atomic mass is 9.95.